The molecule has 4 heteroatoms. The van der Waals surface area contributed by atoms with Crippen LogP contribution >= 0.6 is 11.6 Å². The van der Waals surface area contributed by atoms with E-state index >= 15 is 0 Å². The zero-order valence-electron chi connectivity index (χ0n) is 10.3. The van der Waals surface area contributed by atoms with Crippen LogP contribution in [0.2, 0.25) is 5.02 Å². The lowest BCUT2D eigenvalue weighted by atomic mass is 10.1. The first-order valence-corrected chi connectivity index (χ1v) is 6.16. The van der Waals surface area contributed by atoms with Gasteiger partial charge in [-0.25, -0.2) is 0 Å². The van der Waals surface area contributed by atoms with Crippen LogP contribution in [0.4, 0.5) is 5.69 Å². The third-order valence-corrected chi connectivity index (χ3v) is 3.13. The number of rotatable bonds is 5. The fourth-order valence-corrected chi connectivity index (χ4v) is 1.57. The molecular formula is C13H19ClN2O. The van der Waals surface area contributed by atoms with Crippen LogP contribution in [0.15, 0.2) is 18.2 Å². The van der Waals surface area contributed by atoms with Gasteiger partial charge in [0.25, 0.3) is 0 Å². The molecule has 0 aliphatic rings. The molecule has 0 aliphatic heterocycles. The van der Waals surface area contributed by atoms with Crippen molar-refractivity contribution in [3.8, 4) is 0 Å². The predicted molar refractivity (Wildman–Crippen MR) is 72.3 cm³/mol. The molecule has 3 nitrogen and oxygen atoms in total. The fourth-order valence-electron chi connectivity index (χ4n) is 1.39. The summed E-state index contributed by atoms with van der Waals surface area (Å²) in [4.78, 5) is 11.6. The summed E-state index contributed by atoms with van der Waals surface area (Å²) in [6.07, 6.45) is 1.30. The molecule has 3 N–H and O–H groups in total. The molecule has 0 fully saturated rings. The maximum atomic E-state index is 11.6. The van der Waals surface area contributed by atoms with Crippen molar-refractivity contribution in [1.82, 2.24) is 0 Å². The second-order valence-corrected chi connectivity index (χ2v) is 4.80. The lowest BCUT2D eigenvalue weighted by molar-refractivity contribution is -0.116. The van der Waals surface area contributed by atoms with Gasteiger partial charge in [-0.05, 0) is 43.5 Å². The third-order valence-electron chi connectivity index (χ3n) is 2.72. The molecule has 0 saturated heterocycles. The smallest absolute Gasteiger partial charge is 0.224 e. The summed E-state index contributed by atoms with van der Waals surface area (Å²) in [6.45, 7) is 4.58. The Bertz CT molecular complexity index is 393. The molecule has 0 spiro atoms. The summed E-state index contributed by atoms with van der Waals surface area (Å²) in [6, 6.07) is 5.51. The van der Waals surface area contributed by atoms with E-state index in [1.54, 1.807) is 6.07 Å². The minimum Gasteiger partial charge on any atom is -0.330 e. The van der Waals surface area contributed by atoms with E-state index in [0.717, 1.165) is 17.7 Å². The second kappa shape index (κ2) is 6.62. The summed E-state index contributed by atoms with van der Waals surface area (Å²) < 4.78 is 0. The van der Waals surface area contributed by atoms with Crippen molar-refractivity contribution >= 4 is 23.2 Å². The molecule has 17 heavy (non-hydrogen) atoms. The number of hydrogen-bond acceptors (Lipinski definition) is 2. The Labute approximate surface area is 107 Å². The van der Waals surface area contributed by atoms with E-state index in [0.29, 0.717) is 23.9 Å². The van der Waals surface area contributed by atoms with Crippen molar-refractivity contribution in [1.29, 1.82) is 0 Å². The topological polar surface area (TPSA) is 55.1 Å². The minimum absolute atomic E-state index is 0.00483. The van der Waals surface area contributed by atoms with E-state index in [-0.39, 0.29) is 5.91 Å². The number of benzene rings is 1. The lowest BCUT2D eigenvalue weighted by Crippen LogP contribution is -2.16. The molecule has 1 amide bonds. The average Bonchev–Trinajstić information content (AvgIpc) is 2.31. The maximum Gasteiger partial charge on any atom is 0.224 e. The molecule has 94 valence electrons. The standard InChI is InChI=1S/C13H19ClN2O/c1-9(8-15)3-6-13(17)16-11-5-4-10(2)12(14)7-11/h4-5,7,9H,3,6,8,15H2,1-2H3,(H,16,17). The number of hydrogen-bond donors (Lipinski definition) is 2. The molecule has 0 radical (unpaired) electrons. The Morgan fingerprint density at radius 2 is 2.24 bits per heavy atom. The zero-order valence-corrected chi connectivity index (χ0v) is 11.1. The fraction of sp³-hybridized carbons (Fsp3) is 0.462. The third kappa shape index (κ3) is 4.75. The van der Waals surface area contributed by atoms with Gasteiger partial charge in [0.15, 0.2) is 0 Å². The van der Waals surface area contributed by atoms with Crippen LogP contribution in [0.1, 0.15) is 25.3 Å². The van der Waals surface area contributed by atoms with Crippen molar-refractivity contribution in [3.05, 3.63) is 28.8 Å². The summed E-state index contributed by atoms with van der Waals surface area (Å²) in [5.74, 6) is 0.382. The summed E-state index contributed by atoms with van der Waals surface area (Å²) >= 11 is 5.98. The van der Waals surface area contributed by atoms with Gasteiger partial charge >= 0.3 is 0 Å². The highest BCUT2D eigenvalue weighted by molar-refractivity contribution is 6.31. The van der Waals surface area contributed by atoms with Gasteiger partial charge in [0, 0.05) is 17.1 Å². The van der Waals surface area contributed by atoms with Gasteiger partial charge < -0.3 is 11.1 Å². The summed E-state index contributed by atoms with van der Waals surface area (Å²) in [7, 11) is 0. The zero-order chi connectivity index (χ0) is 12.8. The van der Waals surface area contributed by atoms with Crippen LogP contribution in [-0.2, 0) is 4.79 Å². The second-order valence-electron chi connectivity index (χ2n) is 4.39. The number of nitrogens with one attached hydrogen (secondary N) is 1. The monoisotopic (exact) mass is 254 g/mol. The number of nitrogens with two attached hydrogens (primary N) is 1. The quantitative estimate of drug-likeness (QED) is 0.849. The van der Waals surface area contributed by atoms with Gasteiger partial charge in [0.2, 0.25) is 5.91 Å². The van der Waals surface area contributed by atoms with Crippen LogP contribution in [0.3, 0.4) is 0 Å². The van der Waals surface area contributed by atoms with Gasteiger partial charge in [0.05, 0.1) is 0 Å². The van der Waals surface area contributed by atoms with Gasteiger partial charge in [-0.2, -0.15) is 0 Å². The van der Waals surface area contributed by atoms with Gasteiger partial charge in [-0.1, -0.05) is 24.6 Å². The van der Waals surface area contributed by atoms with Crippen molar-refractivity contribution in [3.63, 3.8) is 0 Å². The Kier molecular flexibility index (Phi) is 5.45. The van der Waals surface area contributed by atoms with Gasteiger partial charge in [0.1, 0.15) is 0 Å². The number of aryl methyl sites for hydroxylation is 1. The van der Waals surface area contributed by atoms with Crippen LogP contribution in [-0.4, -0.2) is 12.5 Å². The number of carbonyl (C=O) groups excluding carboxylic acids is 1. The lowest BCUT2D eigenvalue weighted by Gasteiger charge is -2.09. The van der Waals surface area contributed by atoms with Crippen molar-refractivity contribution in [2.75, 3.05) is 11.9 Å². The van der Waals surface area contributed by atoms with E-state index in [4.69, 9.17) is 17.3 Å². The first-order valence-electron chi connectivity index (χ1n) is 5.79. The maximum absolute atomic E-state index is 11.6. The van der Waals surface area contributed by atoms with Crippen molar-refractivity contribution in [2.45, 2.75) is 26.7 Å². The van der Waals surface area contributed by atoms with E-state index in [9.17, 15) is 4.79 Å². The highest BCUT2D eigenvalue weighted by atomic mass is 35.5. The molecule has 0 bridgehead atoms. The first kappa shape index (κ1) is 14.0. The molecule has 0 aromatic heterocycles. The van der Waals surface area contributed by atoms with Gasteiger partial charge in [-0.15, -0.1) is 0 Å². The largest absolute Gasteiger partial charge is 0.330 e. The molecule has 0 aliphatic carbocycles. The van der Waals surface area contributed by atoms with Crippen LogP contribution in [0.5, 0.6) is 0 Å². The molecule has 0 saturated carbocycles. The van der Waals surface area contributed by atoms with Crippen LogP contribution in [0, 0.1) is 12.8 Å². The molecule has 1 aromatic carbocycles. The van der Waals surface area contributed by atoms with E-state index in [1.165, 1.54) is 0 Å². The molecule has 0 heterocycles. The van der Waals surface area contributed by atoms with Crippen LogP contribution < -0.4 is 11.1 Å². The number of carbonyl (C=O) groups is 1. The van der Waals surface area contributed by atoms with E-state index in [1.807, 2.05) is 26.0 Å². The molecule has 1 atom stereocenters. The van der Waals surface area contributed by atoms with Gasteiger partial charge in [-0.3, -0.25) is 4.79 Å². The van der Waals surface area contributed by atoms with E-state index < -0.39 is 0 Å². The highest BCUT2D eigenvalue weighted by Gasteiger charge is 2.06. The van der Waals surface area contributed by atoms with Crippen molar-refractivity contribution in [2.24, 2.45) is 11.7 Å². The number of halogens is 1. The SMILES string of the molecule is Cc1ccc(NC(=O)CCC(C)CN)cc1Cl. The summed E-state index contributed by atoms with van der Waals surface area (Å²) in [5.41, 5.74) is 7.24. The van der Waals surface area contributed by atoms with Crippen LogP contribution in [0.25, 0.3) is 0 Å². The van der Waals surface area contributed by atoms with E-state index in [2.05, 4.69) is 5.32 Å². The molecule has 1 rings (SSSR count). The predicted octanol–water partition coefficient (Wildman–Crippen LogP) is 2.96. The molecule has 1 unspecified atom stereocenters. The number of anilines is 1. The molecular weight excluding hydrogens is 236 g/mol. The first-order chi connectivity index (χ1) is 8.02. The Hall–Kier alpha value is -1.06. The van der Waals surface area contributed by atoms with Crippen molar-refractivity contribution < 1.29 is 4.79 Å². The minimum atomic E-state index is 0.00483. The summed E-state index contributed by atoms with van der Waals surface area (Å²) in [5, 5.41) is 3.49. The normalized spacial score (nSPS) is 12.2. The number of amides is 1. The average molecular weight is 255 g/mol. The molecule has 1 aromatic rings. The Morgan fingerprint density at radius 3 is 2.82 bits per heavy atom. The highest BCUT2D eigenvalue weighted by Crippen LogP contribution is 2.20. The Balaban J connectivity index is 2.48. The Morgan fingerprint density at radius 1 is 1.53 bits per heavy atom.